The smallest absolute Gasteiger partial charge is 0.289 e. The highest BCUT2D eigenvalue weighted by atomic mass is 35.5. The van der Waals surface area contributed by atoms with Crippen LogP contribution >= 0.6 is 23.2 Å². The van der Waals surface area contributed by atoms with Gasteiger partial charge in [0.05, 0.1) is 15.6 Å². The van der Waals surface area contributed by atoms with E-state index in [1.165, 1.54) is 18.2 Å². The van der Waals surface area contributed by atoms with Crippen molar-refractivity contribution in [3.8, 4) is 0 Å². The SMILES string of the molecule is O=C(c1cc(F)ccc1C(F)(F)F)c1cccc(Cl)c1Cl. The second-order valence-corrected chi connectivity index (χ2v) is 4.90. The molecule has 0 aromatic heterocycles. The molecule has 7 heteroatoms. The fourth-order valence-electron chi connectivity index (χ4n) is 1.78. The van der Waals surface area contributed by atoms with E-state index in [0.29, 0.717) is 18.2 Å². The molecule has 2 aromatic carbocycles. The van der Waals surface area contributed by atoms with E-state index in [1.54, 1.807) is 0 Å². The minimum Gasteiger partial charge on any atom is -0.289 e. The average molecular weight is 337 g/mol. The zero-order valence-corrected chi connectivity index (χ0v) is 11.7. The molecule has 0 spiro atoms. The molecule has 2 aromatic rings. The Labute approximate surface area is 127 Å². The molecule has 0 bridgehead atoms. The number of carbonyl (C=O) groups excluding carboxylic acids is 1. The molecular formula is C14H6Cl2F4O. The van der Waals surface area contributed by atoms with Crippen LogP contribution in [0.25, 0.3) is 0 Å². The number of rotatable bonds is 2. The van der Waals surface area contributed by atoms with E-state index in [2.05, 4.69) is 0 Å². The number of ketones is 1. The minimum atomic E-state index is -4.79. The molecule has 0 aliphatic rings. The quantitative estimate of drug-likeness (QED) is 0.531. The molecular weight excluding hydrogens is 331 g/mol. The Morgan fingerprint density at radius 2 is 1.67 bits per heavy atom. The highest BCUT2D eigenvalue weighted by Crippen LogP contribution is 2.35. The monoisotopic (exact) mass is 336 g/mol. The van der Waals surface area contributed by atoms with E-state index in [1.807, 2.05) is 0 Å². The summed E-state index contributed by atoms with van der Waals surface area (Å²) in [5.74, 6) is -2.00. The molecule has 0 aliphatic heterocycles. The molecule has 0 atom stereocenters. The van der Waals surface area contributed by atoms with Crippen LogP contribution in [0.4, 0.5) is 17.6 Å². The van der Waals surface area contributed by atoms with Crippen molar-refractivity contribution in [1.29, 1.82) is 0 Å². The zero-order valence-electron chi connectivity index (χ0n) is 10.1. The van der Waals surface area contributed by atoms with Gasteiger partial charge in [-0.15, -0.1) is 0 Å². The Morgan fingerprint density at radius 3 is 2.29 bits per heavy atom. The third kappa shape index (κ3) is 3.19. The summed E-state index contributed by atoms with van der Waals surface area (Å²) in [5, 5.41) is -0.158. The Bertz CT molecular complexity index is 711. The molecule has 0 aliphatic carbocycles. The van der Waals surface area contributed by atoms with Gasteiger partial charge in [0, 0.05) is 11.1 Å². The van der Waals surface area contributed by atoms with Crippen molar-refractivity contribution in [2.24, 2.45) is 0 Å². The normalized spacial score (nSPS) is 11.5. The van der Waals surface area contributed by atoms with Crippen molar-refractivity contribution >= 4 is 29.0 Å². The lowest BCUT2D eigenvalue weighted by atomic mass is 9.98. The fourth-order valence-corrected chi connectivity index (χ4v) is 2.16. The first-order valence-corrected chi connectivity index (χ1v) is 6.33. The fraction of sp³-hybridized carbons (Fsp3) is 0.0714. The molecule has 0 radical (unpaired) electrons. The van der Waals surface area contributed by atoms with Gasteiger partial charge in [-0.2, -0.15) is 13.2 Å². The average Bonchev–Trinajstić information content (AvgIpc) is 2.39. The maximum Gasteiger partial charge on any atom is 0.417 e. The van der Waals surface area contributed by atoms with Crippen LogP contribution in [0.3, 0.4) is 0 Å². The molecule has 0 heterocycles. The highest BCUT2D eigenvalue weighted by molar-refractivity contribution is 6.44. The lowest BCUT2D eigenvalue weighted by Crippen LogP contribution is -2.14. The number of carbonyl (C=O) groups is 1. The molecule has 110 valence electrons. The topological polar surface area (TPSA) is 17.1 Å². The van der Waals surface area contributed by atoms with E-state index in [0.717, 1.165) is 0 Å². The predicted molar refractivity (Wildman–Crippen MR) is 71.3 cm³/mol. The summed E-state index contributed by atoms with van der Waals surface area (Å²) in [4.78, 5) is 12.2. The van der Waals surface area contributed by atoms with E-state index < -0.39 is 28.9 Å². The van der Waals surface area contributed by atoms with E-state index in [-0.39, 0.29) is 15.6 Å². The van der Waals surface area contributed by atoms with Crippen molar-refractivity contribution in [3.05, 3.63) is 69.0 Å². The number of halogens is 6. The molecule has 0 amide bonds. The van der Waals surface area contributed by atoms with Crippen LogP contribution in [0.1, 0.15) is 21.5 Å². The summed E-state index contributed by atoms with van der Waals surface area (Å²) in [6.45, 7) is 0. The first-order valence-electron chi connectivity index (χ1n) is 5.57. The molecule has 0 N–H and O–H groups in total. The highest BCUT2D eigenvalue weighted by Gasteiger charge is 2.36. The second kappa shape index (κ2) is 5.66. The molecule has 21 heavy (non-hydrogen) atoms. The summed E-state index contributed by atoms with van der Waals surface area (Å²) >= 11 is 11.5. The predicted octanol–water partition coefficient (Wildman–Crippen LogP) is 5.38. The van der Waals surface area contributed by atoms with Gasteiger partial charge in [-0.3, -0.25) is 4.79 Å². The van der Waals surface area contributed by atoms with Gasteiger partial charge in [0.25, 0.3) is 0 Å². The van der Waals surface area contributed by atoms with E-state index >= 15 is 0 Å². The van der Waals surface area contributed by atoms with Crippen LogP contribution in [-0.2, 0) is 6.18 Å². The van der Waals surface area contributed by atoms with Crippen LogP contribution in [0, 0.1) is 5.82 Å². The lowest BCUT2D eigenvalue weighted by Gasteiger charge is -2.13. The molecule has 2 rings (SSSR count). The summed E-state index contributed by atoms with van der Waals surface area (Å²) in [7, 11) is 0. The van der Waals surface area contributed by atoms with Crippen LogP contribution in [0.2, 0.25) is 10.0 Å². The summed E-state index contributed by atoms with van der Waals surface area (Å²) in [6.07, 6.45) is -4.79. The molecule has 0 saturated carbocycles. The second-order valence-electron chi connectivity index (χ2n) is 4.12. The Kier molecular flexibility index (Phi) is 4.25. The van der Waals surface area contributed by atoms with Gasteiger partial charge < -0.3 is 0 Å². The lowest BCUT2D eigenvalue weighted by molar-refractivity contribution is -0.137. The van der Waals surface area contributed by atoms with Gasteiger partial charge in [-0.05, 0) is 30.3 Å². The van der Waals surface area contributed by atoms with E-state index in [9.17, 15) is 22.4 Å². The van der Waals surface area contributed by atoms with Crippen LogP contribution in [0.5, 0.6) is 0 Å². The largest absolute Gasteiger partial charge is 0.417 e. The molecule has 0 unspecified atom stereocenters. The molecule has 0 fully saturated rings. The summed E-state index contributed by atoms with van der Waals surface area (Å²) < 4.78 is 51.9. The number of hydrogen-bond donors (Lipinski definition) is 0. The van der Waals surface area contributed by atoms with Crippen molar-refractivity contribution < 1.29 is 22.4 Å². The van der Waals surface area contributed by atoms with Crippen molar-refractivity contribution in [1.82, 2.24) is 0 Å². The van der Waals surface area contributed by atoms with Crippen molar-refractivity contribution in [2.75, 3.05) is 0 Å². The maximum atomic E-state index is 13.2. The van der Waals surface area contributed by atoms with Crippen LogP contribution in [0.15, 0.2) is 36.4 Å². The van der Waals surface area contributed by atoms with Gasteiger partial charge in [0.1, 0.15) is 5.82 Å². The standard InChI is InChI=1S/C14H6Cl2F4O/c15-11-3-1-2-8(12(11)16)13(21)9-6-7(17)4-5-10(9)14(18,19)20/h1-6H. The summed E-state index contributed by atoms with van der Waals surface area (Å²) in [5.41, 5.74) is -2.27. The Morgan fingerprint density at radius 1 is 1.00 bits per heavy atom. The maximum absolute atomic E-state index is 13.2. The van der Waals surface area contributed by atoms with Gasteiger partial charge in [-0.25, -0.2) is 4.39 Å². The van der Waals surface area contributed by atoms with Crippen molar-refractivity contribution in [2.45, 2.75) is 6.18 Å². The summed E-state index contributed by atoms with van der Waals surface area (Å²) in [6, 6.07) is 5.66. The Balaban J connectivity index is 2.63. The van der Waals surface area contributed by atoms with Gasteiger partial charge >= 0.3 is 6.18 Å². The Hall–Kier alpha value is -1.59. The number of alkyl halides is 3. The third-order valence-corrected chi connectivity index (χ3v) is 3.55. The molecule has 1 nitrogen and oxygen atoms in total. The van der Waals surface area contributed by atoms with Gasteiger partial charge in [-0.1, -0.05) is 29.3 Å². The third-order valence-electron chi connectivity index (χ3n) is 2.73. The first kappa shape index (κ1) is 15.8. The molecule has 0 saturated heterocycles. The first-order chi connectivity index (χ1) is 9.71. The van der Waals surface area contributed by atoms with Gasteiger partial charge in [0.2, 0.25) is 0 Å². The van der Waals surface area contributed by atoms with Gasteiger partial charge in [0.15, 0.2) is 5.78 Å². The number of benzene rings is 2. The zero-order chi connectivity index (χ0) is 15.8. The number of hydrogen-bond acceptors (Lipinski definition) is 1. The van der Waals surface area contributed by atoms with Crippen LogP contribution in [-0.4, -0.2) is 5.78 Å². The minimum absolute atomic E-state index is 0.0208. The van der Waals surface area contributed by atoms with E-state index in [4.69, 9.17) is 23.2 Å². The van der Waals surface area contributed by atoms with Crippen molar-refractivity contribution in [3.63, 3.8) is 0 Å². The van der Waals surface area contributed by atoms with Crippen LogP contribution < -0.4 is 0 Å².